The summed E-state index contributed by atoms with van der Waals surface area (Å²) in [5.74, 6) is 0.363. The molecule has 0 saturated carbocycles. The number of unbranched alkanes of at least 4 members (excludes halogenated alkanes) is 5. The third kappa shape index (κ3) is 9.72. The predicted octanol–water partition coefficient (Wildman–Crippen LogP) is 2.92. The molecule has 2 nitrogen and oxygen atoms in total. The zero-order chi connectivity index (χ0) is 10.6. The average molecular weight is 199 g/mol. The topological polar surface area (TPSA) is 29.1 Å². The van der Waals surface area contributed by atoms with Gasteiger partial charge in [-0.25, -0.2) is 0 Å². The summed E-state index contributed by atoms with van der Waals surface area (Å²) in [5.41, 5.74) is 0. The van der Waals surface area contributed by atoms with Crippen LogP contribution >= 0.6 is 0 Å². The van der Waals surface area contributed by atoms with E-state index >= 15 is 0 Å². The van der Waals surface area contributed by atoms with Crippen LogP contribution in [-0.2, 0) is 4.79 Å². The van der Waals surface area contributed by atoms with Crippen molar-refractivity contribution >= 4 is 5.78 Å². The van der Waals surface area contributed by atoms with Crippen molar-refractivity contribution in [3.05, 3.63) is 0 Å². The molecule has 0 aromatic carbocycles. The van der Waals surface area contributed by atoms with Gasteiger partial charge < -0.3 is 5.32 Å². The Morgan fingerprint density at radius 3 is 2.29 bits per heavy atom. The van der Waals surface area contributed by atoms with Gasteiger partial charge in [-0.1, -0.05) is 46.0 Å². The highest BCUT2D eigenvalue weighted by Crippen LogP contribution is 2.06. The molecule has 0 bridgehead atoms. The third-order valence-corrected chi connectivity index (χ3v) is 2.38. The quantitative estimate of drug-likeness (QED) is 0.548. The van der Waals surface area contributed by atoms with Crippen LogP contribution in [0.1, 0.15) is 58.8 Å². The van der Waals surface area contributed by atoms with Gasteiger partial charge in [-0.2, -0.15) is 0 Å². The number of carbonyl (C=O) groups excluding carboxylic acids is 1. The van der Waals surface area contributed by atoms with Crippen molar-refractivity contribution in [2.24, 2.45) is 0 Å². The molecule has 0 radical (unpaired) electrons. The van der Waals surface area contributed by atoms with Gasteiger partial charge in [0.05, 0.1) is 6.54 Å². The Labute approximate surface area is 88.5 Å². The zero-order valence-electron chi connectivity index (χ0n) is 9.77. The summed E-state index contributed by atoms with van der Waals surface area (Å²) >= 11 is 0. The van der Waals surface area contributed by atoms with E-state index in [2.05, 4.69) is 12.2 Å². The Bertz CT molecular complexity index is 134. The Kier molecular flexibility index (Phi) is 10.4. The predicted molar refractivity (Wildman–Crippen MR) is 61.5 cm³/mol. The van der Waals surface area contributed by atoms with Gasteiger partial charge in [0.15, 0.2) is 0 Å². The fraction of sp³-hybridized carbons (Fsp3) is 0.917. The second-order valence-electron chi connectivity index (χ2n) is 3.84. The molecular formula is C12H25NO. The molecule has 0 fully saturated rings. The van der Waals surface area contributed by atoms with Crippen LogP contribution in [0.25, 0.3) is 0 Å². The van der Waals surface area contributed by atoms with Crippen molar-refractivity contribution in [1.82, 2.24) is 5.32 Å². The van der Waals surface area contributed by atoms with E-state index < -0.39 is 0 Å². The summed E-state index contributed by atoms with van der Waals surface area (Å²) in [7, 11) is 0. The maximum absolute atomic E-state index is 11.2. The number of ketones is 1. The van der Waals surface area contributed by atoms with Gasteiger partial charge in [0.2, 0.25) is 0 Å². The monoisotopic (exact) mass is 199 g/mol. The van der Waals surface area contributed by atoms with Crippen molar-refractivity contribution < 1.29 is 4.79 Å². The van der Waals surface area contributed by atoms with Crippen LogP contribution < -0.4 is 5.32 Å². The Morgan fingerprint density at radius 2 is 1.64 bits per heavy atom. The first kappa shape index (κ1) is 13.6. The van der Waals surface area contributed by atoms with Gasteiger partial charge in [0, 0.05) is 6.42 Å². The molecule has 14 heavy (non-hydrogen) atoms. The van der Waals surface area contributed by atoms with Crippen molar-refractivity contribution in [2.75, 3.05) is 13.1 Å². The standard InChI is InChI=1S/C12H25NO/c1-3-5-6-7-8-9-10-12(14)11-13-4-2/h13H,3-11H2,1-2H3. The van der Waals surface area contributed by atoms with Crippen molar-refractivity contribution in [1.29, 1.82) is 0 Å². The number of nitrogens with one attached hydrogen (secondary N) is 1. The number of hydrogen-bond donors (Lipinski definition) is 1. The molecule has 0 aliphatic rings. The lowest BCUT2D eigenvalue weighted by atomic mass is 10.1. The maximum atomic E-state index is 11.2. The van der Waals surface area contributed by atoms with E-state index in [1.165, 1.54) is 32.1 Å². The van der Waals surface area contributed by atoms with Crippen molar-refractivity contribution in [2.45, 2.75) is 58.8 Å². The molecule has 0 amide bonds. The molecule has 0 aromatic rings. The van der Waals surface area contributed by atoms with Crippen LogP contribution in [-0.4, -0.2) is 18.9 Å². The normalized spacial score (nSPS) is 10.4. The van der Waals surface area contributed by atoms with Gasteiger partial charge >= 0.3 is 0 Å². The largest absolute Gasteiger partial charge is 0.310 e. The molecule has 0 saturated heterocycles. The summed E-state index contributed by atoms with van der Waals surface area (Å²) in [5, 5.41) is 3.06. The average Bonchev–Trinajstić information content (AvgIpc) is 2.20. The number of Topliss-reactive ketones (excluding diaryl/α,β-unsaturated/α-hetero) is 1. The van der Waals surface area contributed by atoms with Crippen LogP contribution in [0.5, 0.6) is 0 Å². The zero-order valence-corrected chi connectivity index (χ0v) is 9.77. The maximum Gasteiger partial charge on any atom is 0.146 e. The molecule has 0 atom stereocenters. The van der Waals surface area contributed by atoms with E-state index in [0.29, 0.717) is 12.3 Å². The summed E-state index contributed by atoms with van der Waals surface area (Å²) in [6.07, 6.45) is 8.32. The molecule has 84 valence electrons. The Hall–Kier alpha value is -0.370. The van der Waals surface area contributed by atoms with Crippen LogP contribution in [0.2, 0.25) is 0 Å². The number of hydrogen-bond acceptors (Lipinski definition) is 2. The second-order valence-corrected chi connectivity index (χ2v) is 3.84. The van der Waals surface area contributed by atoms with Crippen molar-refractivity contribution in [3.8, 4) is 0 Å². The second kappa shape index (κ2) is 10.7. The minimum absolute atomic E-state index is 0.363. The molecule has 1 N–H and O–H groups in total. The van der Waals surface area contributed by atoms with Crippen LogP contribution in [0.3, 0.4) is 0 Å². The minimum Gasteiger partial charge on any atom is -0.310 e. The Balaban J connectivity index is 3.07. The van der Waals surface area contributed by atoms with Crippen LogP contribution in [0.4, 0.5) is 0 Å². The van der Waals surface area contributed by atoms with E-state index in [0.717, 1.165) is 19.4 Å². The van der Waals surface area contributed by atoms with Crippen molar-refractivity contribution in [3.63, 3.8) is 0 Å². The first-order valence-corrected chi connectivity index (χ1v) is 6.03. The molecule has 0 aliphatic carbocycles. The minimum atomic E-state index is 0.363. The molecule has 0 rings (SSSR count). The summed E-state index contributed by atoms with van der Waals surface area (Å²) in [6.45, 7) is 5.70. The fourth-order valence-corrected chi connectivity index (χ4v) is 1.46. The molecule has 0 aromatic heterocycles. The number of rotatable bonds is 10. The lowest BCUT2D eigenvalue weighted by molar-refractivity contribution is -0.118. The lowest BCUT2D eigenvalue weighted by Crippen LogP contribution is -2.22. The van der Waals surface area contributed by atoms with Crippen LogP contribution in [0, 0.1) is 0 Å². The summed E-state index contributed by atoms with van der Waals surface area (Å²) in [6, 6.07) is 0. The first-order chi connectivity index (χ1) is 6.81. The summed E-state index contributed by atoms with van der Waals surface area (Å²) < 4.78 is 0. The van der Waals surface area contributed by atoms with Gasteiger partial charge in [0.1, 0.15) is 5.78 Å². The summed E-state index contributed by atoms with van der Waals surface area (Å²) in [4.78, 5) is 11.2. The molecule has 0 heterocycles. The molecule has 2 heteroatoms. The Morgan fingerprint density at radius 1 is 1.00 bits per heavy atom. The van der Waals surface area contributed by atoms with E-state index in [9.17, 15) is 4.79 Å². The molecule has 0 unspecified atom stereocenters. The smallest absolute Gasteiger partial charge is 0.146 e. The first-order valence-electron chi connectivity index (χ1n) is 6.03. The molecule has 0 aliphatic heterocycles. The number of likely N-dealkylation sites (N-methyl/N-ethyl adjacent to an activating group) is 1. The van der Waals surface area contributed by atoms with E-state index in [-0.39, 0.29) is 0 Å². The van der Waals surface area contributed by atoms with E-state index in [1.807, 2.05) is 6.92 Å². The SMILES string of the molecule is CCCCCCCCC(=O)CNCC. The van der Waals surface area contributed by atoms with Gasteiger partial charge in [-0.3, -0.25) is 4.79 Å². The number of carbonyl (C=O) groups is 1. The fourth-order valence-electron chi connectivity index (χ4n) is 1.46. The van der Waals surface area contributed by atoms with E-state index in [1.54, 1.807) is 0 Å². The molecular weight excluding hydrogens is 174 g/mol. The van der Waals surface area contributed by atoms with E-state index in [4.69, 9.17) is 0 Å². The highest BCUT2D eigenvalue weighted by molar-refractivity contribution is 5.80. The highest BCUT2D eigenvalue weighted by atomic mass is 16.1. The van der Waals surface area contributed by atoms with Gasteiger partial charge in [-0.05, 0) is 13.0 Å². The van der Waals surface area contributed by atoms with Crippen LogP contribution in [0.15, 0.2) is 0 Å². The highest BCUT2D eigenvalue weighted by Gasteiger charge is 1.99. The third-order valence-electron chi connectivity index (χ3n) is 2.38. The van der Waals surface area contributed by atoms with Gasteiger partial charge in [-0.15, -0.1) is 0 Å². The molecule has 0 spiro atoms. The van der Waals surface area contributed by atoms with Gasteiger partial charge in [0.25, 0.3) is 0 Å². The lowest BCUT2D eigenvalue weighted by Gasteiger charge is -2.01.